The molecule has 0 spiro atoms. The number of ether oxygens (including phenoxy) is 1. The Kier molecular flexibility index (Phi) is 5.57. The standard InChI is InChI=1S/C22H20BrFN2O2/c23-18-8-6-16(7-9-18)17-10-20(25-12-17)21-11-19(24)13-26(21)22(27)28-14-15-4-2-1-3-5-15/h1-9,12,19,21H,10-11,13-14H2/t19-,21-/m0/s1. The van der Waals surface area contributed by atoms with Gasteiger partial charge in [-0.3, -0.25) is 9.89 Å². The molecule has 28 heavy (non-hydrogen) atoms. The van der Waals surface area contributed by atoms with Gasteiger partial charge in [-0.1, -0.05) is 58.4 Å². The van der Waals surface area contributed by atoms with Crippen molar-refractivity contribution in [1.82, 2.24) is 4.90 Å². The molecule has 2 aromatic rings. The second-order valence-corrected chi connectivity index (χ2v) is 7.92. The van der Waals surface area contributed by atoms with E-state index in [1.54, 1.807) is 0 Å². The fourth-order valence-corrected chi connectivity index (χ4v) is 3.86. The number of alkyl halides is 1. The second-order valence-electron chi connectivity index (χ2n) is 7.00. The van der Waals surface area contributed by atoms with Crippen molar-refractivity contribution in [1.29, 1.82) is 0 Å². The van der Waals surface area contributed by atoms with E-state index in [1.807, 2.05) is 60.8 Å². The lowest BCUT2D eigenvalue weighted by Gasteiger charge is -2.24. The van der Waals surface area contributed by atoms with Crippen LogP contribution in [0.5, 0.6) is 0 Å². The summed E-state index contributed by atoms with van der Waals surface area (Å²) in [6, 6.07) is 17.1. The molecule has 0 N–H and O–H groups in total. The quantitative estimate of drug-likeness (QED) is 0.637. The van der Waals surface area contributed by atoms with Crippen LogP contribution in [0.15, 0.2) is 70.3 Å². The van der Waals surface area contributed by atoms with Crippen LogP contribution < -0.4 is 0 Å². The molecule has 4 nitrogen and oxygen atoms in total. The Morgan fingerprint density at radius 1 is 1.18 bits per heavy atom. The van der Waals surface area contributed by atoms with Crippen molar-refractivity contribution >= 4 is 33.3 Å². The first-order chi connectivity index (χ1) is 13.6. The van der Waals surface area contributed by atoms with Crippen LogP contribution in [-0.2, 0) is 11.3 Å². The van der Waals surface area contributed by atoms with Gasteiger partial charge in [-0.25, -0.2) is 9.18 Å². The number of amides is 1. The van der Waals surface area contributed by atoms with E-state index in [1.165, 1.54) is 4.90 Å². The van der Waals surface area contributed by atoms with Crippen LogP contribution in [0.2, 0.25) is 0 Å². The smallest absolute Gasteiger partial charge is 0.410 e. The van der Waals surface area contributed by atoms with Crippen molar-refractivity contribution in [2.75, 3.05) is 6.54 Å². The minimum Gasteiger partial charge on any atom is -0.445 e. The third-order valence-corrected chi connectivity index (χ3v) is 5.58. The van der Waals surface area contributed by atoms with E-state index in [9.17, 15) is 9.18 Å². The Hall–Kier alpha value is -2.47. The minimum absolute atomic E-state index is 0.0466. The van der Waals surface area contributed by atoms with Gasteiger partial charge in [0, 0.05) is 29.2 Å². The van der Waals surface area contributed by atoms with Crippen LogP contribution in [0.4, 0.5) is 9.18 Å². The molecular weight excluding hydrogens is 423 g/mol. The van der Waals surface area contributed by atoms with Gasteiger partial charge in [0.2, 0.25) is 0 Å². The van der Waals surface area contributed by atoms with Crippen molar-refractivity contribution in [2.45, 2.75) is 31.7 Å². The molecule has 2 aliphatic heterocycles. The number of allylic oxidation sites excluding steroid dienone is 1. The van der Waals surface area contributed by atoms with E-state index < -0.39 is 12.3 Å². The number of benzene rings is 2. The average molecular weight is 443 g/mol. The average Bonchev–Trinajstić information content (AvgIpc) is 3.34. The van der Waals surface area contributed by atoms with Gasteiger partial charge in [-0.05, 0) is 28.8 Å². The first-order valence-corrected chi connectivity index (χ1v) is 10.0. The van der Waals surface area contributed by atoms with Crippen LogP contribution in [-0.4, -0.2) is 35.5 Å². The van der Waals surface area contributed by atoms with Gasteiger partial charge in [0.1, 0.15) is 12.8 Å². The van der Waals surface area contributed by atoms with Crippen molar-refractivity contribution in [2.24, 2.45) is 4.99 Å². The van der Waals surface area contributed by atoms with Crippen LogP contribution in [0, 0.1) is 0 Å². The number of hydrogen-bond donors (Lipinski definition) is 0. The lowest BCUT2D eigenvalue weighted by atomic mass is 9.98. The minimum atomic E-state index is -1.06. The van der Waals surface area contributed by atoms with E-state index in [4.69, 9.17) is 4.74 Å². The summed E-state index contributed by atoms with van der Waals surface area (Å²) in [5.41, 5.74) is 3.87. The van der Waals surface area contributed by atoms with Gasteiger partial charge in [-0.15, -0.1) is 0 Å². The highest BCUT2D eigenvalue weighted by molar-refractivity contribution is 9.10. The van der Waals surface area contributed by atoms with Crippen molar-refractivity contribution in [3.05, 3.63) is 76.4 Å². The molecule has 1 fully saturated rings. The summed E-state index contributed by atoms with van der Waals surface area (Å²) in [6.07, 6.45) is 1.14. The topological polar surface area (TPSA) is 41.9 Å². The predicted octanol–water partition coefficient (Wildman–Crippen LogP) is 5.38. The zero-order valence-corrected chi connectivity index (χ0v) is 16.8. The molecule has 2 aliphatic rings. The number of likely N-dealkylation sites (tertiary alicyclic amines) is 1. The lowest BCUT2D eigenvalue weighted by Crippen LogP contribution is -2.40. The maximum atomic E-state index is 14.1. The highest BCUT2D eigenvalue weighted by Crippen LogP contribution is 2.31. The van der Waals surface area contributed by atoms with Crippen LogP contribution in [0.25, 0.3) is 5.57 Å². The third-order valence-electron chi connectivity index (χ3n) is 5.05. The number of halogens is 2. The molecule has 2 aromatic carbocycles. The van der Waals surface area contributed by atoms with E-state index in [0.717, 1.165) is 26.9 Å². The van der Waals surface area contributed by atoms with E-state index in [-0.39, 0.29) is 25.6 Å². The Bertz CT molecular complexity index is 912. The molecule has 144 valence electrons. The molecule has 0 aromatic heterocycles. The maximum absolute atomic E-state index is 14.1. The van der Waals surface area contributed by atoms with Crippen molar-refractivity contribution in [3.63, 3.8) is 0 Å². The zero-order chi connectivity index (χ0) is 19.5. The monoisotopic (exact) mass is 442 g/mol. The highest BCUT2D eigenvalue weighted by atomic mass is 79.9. The third kappa shape index (κ3) is 4.17. The van der Waals surface area contributed by atoms with Gasteiger partial charge < -0.3 is 4.74 Å². The first-order valence-electron chi connectivity index (χ1n) is 9.23. The number of rotatable bonds is 4. The van der Waals surface area contributed by atoms with Crippen LogP contribution in [0.3, 0.4) is 0 Å². The lowest BCUT2D eigenvalue weighted by molar-refractivity contribution is 0.0972. The fourth-order valence-electron chi connectivity index (χ4n) is 3.60. The first kappa shape index (κ1) is 18.9. The predicted molar refractivity (Wildman–Crippen MR) is 111 cm³/mol. The normalized spacial score (nSPS) is 21.4. The molecule has 1 amide bonds. The van der Waals surface area contributed by atoms with Gasteiger partial charge in [0.05, 0.1) is 12.6 Å². The van der Waals surface area contributed by atoms with Crippen LogP contribution >= 0.6 is 15.9 Å². The Morgan fingerprint density at radius 3 is 2.68 bits per heavy atom. The number of nitrogens with zero attached hydrogens (tertiary/aromatic N) is 2. The Labute approximate surface area is 171 Å². The number of carbonyl (C=O) groups is 1. The summed E-state index contributed by atoms with van der Waals surface area (Å²) in [5.74, 6) is 0. The molecule has 0 unspecified atom stereocenters. The van der Waals surface area contributed by atoms with E-state index in [0.29, 0.717) is 6.42 Å². The number of hydrogen-bond acceptors (Lipinski definition) is 3. The largest absolute Gasteiger partial charge is 0.445 e. The summed E-state index contributed by atoms with van der Waals surface area (Å²) >= 11 is 3.43. The van der Waals surface area contributed by atoms with E-state index >= 15 is 0 Å². The Morgan fingerprint density at radius 2 is 1.93 bits per heavy atom. The summed E-state index contributed by atoms with van der Waals surface area (Å²) in [7, 11) is 0. The highest BCUT2D eigenvalue weighted by Gasteiger charge is 2.40. The number of carbonyl (C=O) groups excluding carboxylic acids is 1. The van der Waals surface area contributed by atoms with Crippen molar-refractivity contribution < 1.29 is 13.9 Å². The zero-order valence-electron chi connectivity index (χ0n) is 15.2. The SMILES string of the molecule is O=C(OCc1ccccc1)N1C[C@@H](F)C[C@H]1C1=NC=C(c2ccc(Br)cc2)C1. The maximum Gasteiger partial charge on any atom is 0.410 e. The summed E-state index contributed by atoms with van der Waals surface area (Å²) in [4.78, 5) is 18.6. The van der Waals surface area contributed by atoms with Crippen molar-refractivity contribution in [3.8, 4) is 0 Å². The van der Waals surface area contributed by atoms with Gasteiger partial charge >= 0.3 is 6.09 Å². The molecular formula is C22H20BrFN2O2. The summed E-state index contributed by atoms with van der Waals surface area (Å²) in [5, 5.41) is 0. The molecule has 2 atom stereocenters. The molecule has 0 aliphatic carbocycles. The Balaban J connectivity index is 1.40. The second kappa shape index (κ2) is 8.27. The van der Waals surface area contributed by atoms with Gasteiger partial charge in [-0.2, -0.15) is 0 Å². The molecule has 0 radical (unpaired) electrons. The van der Waals surface area contributed by atoms with Gasteiger partial charge in [0.25, 0.3) is 0 Å². The number of aliphatic imine (C=N–C) groups is 1. The fraction of sp³-hybridized carbons (Fsp3) is 0.273. The molecule has 0 bridgehead atoms. The summed E-state index contributed by atoms with van der Waals surface area (Å²) in [6.45, 7) is 0.222. The molecule has 1 saturated heterocycles. The van der Waals surface area contributed by atoms with Crippen LogP contribution in [0.1, 0.15) is 24.0 Å². The van der Waals surface area contributed by atoms with Gasteiger partial charge in [0.15, 0.2) is 0 Å². The summed E-state index contributed by atoms with van der Waals surface area (Å²) < 4.78 is 20.6. The molecule has 0 saturated carbocycles. The molecule has 4 rings (SSSR count). The molecule has 2 heterocycles. The molecule has 6 heteroatoms. The van der Waals surface area contributed by atoms with E-state index in [2.05, 4.69) is 20.9 Å².